The molecule has 1 aliphatic carbocycles. The van der Waals surface area contributed by atoms with Gasteiger partial charge in [0.15, 0.2) is 0 Å². The molecule has 1 heterocycles. The van der Waals surface area contributed by atoms with E-state index < -0.39 is 6.03 Å². The summed E-state index contributed by atoms with van der Waals surface area (Å²) in [7, 11) is 0. The van der Waals surface area contributed by atoms with Crippen LogP contribution in [0.3, 0.4) is 0 Å². The summed E-state index contributed by atoms with van der Waals surface area (Å²) in [4.78, 5) is 24.9. The molecule has 5 nitrogen and oxygen atoms in total. The van der Waals surface area contributed by atoms with Crippen LogP contribution in [0.4, 0.5) is 4.79 Å². The van der Waals surface area contributed by atoms with Gasteiger partial charge < -0.3 is 15.4 Å². The second kappa shape index (κ2) is 7.47. The molecule has 2 aliphatic rings. The third-order valence-corrected chi connectivity index (χ3v) is 4.67. The number of rotatable bonds is 4. The van der Waals surface area contributed by atoms with Gasteiger partial charge in [0.2, 0.25) is 0 Å². The third kappa shape index (κ3) is 4.36. The average Bonchev–Trinajstić information content (AvgIpc) is 2.53. The number of likely N-dealkylation sites (tertiary alicyclic amines) is 1. The Kier molecular flexibility index (Phi) is 5.63. The number of urea groups is 1. The van der Waals surface area contributed by atoms with Crippen LogP contribution < -0.4 is 5.73 Å². The molecule has 122 valence electrons. The highest BCUT2D eigenvalue weighted by molar-refractivity contribution is 5.76. The van der Waals surface area contributed by atoms with Crippen molar-refractivity contribution in [2.45, 2.75) is 39.0 Å². The summed E-state index contributed by atoms with van der Waals surface area (Å²) in [5.74, 6) is 0.101. The molecule has 1 fully saturated rings. The Morgan fingerprint density at radius 2 is 2.18 bits per heavy atom. The van der Waals surface area contributed by atoms with Crippen molar-refractivity contribution in [1.29, 1.82) is 0 Å². The van der Waals surface area contributed by atoms with Crippen LogP contribution in [0.15, 0.2) is 23.8 Å². The molecule has 22 heavy (non-hydrogen) atoms. The first-order valence-corrected chi connectivity index (χ1v) is 8.01. The van der Waals surface area contributed by atoms with Crippen molar-refractivity contribution in [2.75, 3.05) is 19.7 Å². The number of ether oxygens (including phenoxy) is 1. The molecule has 0 spiro atoms. The topological polar surface area (TPSA) is 72.6 Å². The molecule has 0 aromatic heterocycles. The van der Waals surface area contributed by atoms with Gasteiger partial charge in [0.1, 0.15) is 6.61 Å². The van der Waals surface area contributed by atoms with Crippen molar-refractivity contribution in [3.8, 4) is 0 Å². The lowest BCUT2D eigenvalue weighted by molar-refractivity contribution is -0.149. The second-order valence-corrected chi connectivity index (χ2v) is 6.41. The largest absolute Gasteiger partial charge is 0.461 e. The van der Waals surface area contributed by atoms with Gasteiger partial charge in [-0.15, -0.1) is 0 Å². The van der Waals surface area contributed by atoms with E-state index in [0.29, 0.717) is 25.6 Å². The summed E-state index contributed by atoms with van der Waals surface area (Å²) in [5.41, 5.74) is 7.69. The van der Waals surface area contributed by atoms with Gasteiger partial charge in [-0.3, -0.25) is 4.79 Å². The second-order valence-electron chi connectivity index (χ2n) is 6.41. The van der Waals surface area contributed by atoms with Crippen LogP contribution >= 0.6 is 0 Å². The Labute approximate surface area is 132 Å². The number of nitrogens with zero attached hydrogens (tertiary/aromatic N) is 1. The molecule has 0 bridgehead atoms. The Bertz CT molecular complexity index is 484. The smallest absolute Gasteiger partial charge is 0.314 e. The summed E-state index contributed by atoms with van der Waals surface area (Å²) in [6, 6.07) is -0.460. The van der Waals surface area contributed by atoms with Crippen LogP contribution in [0.25, 0.3) is 0 Å². The summed E-state index contributed by atoms with van der Waals surface area (Å²) in [6.07, 6.45) is 6.76. The van der Waals surface area contributed by atoms with E-state index in [1.54, 1.807) is 0 Å². The van der Waals surface area contributed by atoms with Crippen molar-refractivity contribution in [1.82, 2.24) is 4.90 Å². The van der Waals surface area contributed by atoms with Crippen molar-refractivity contribution in [3.05, 3.63) is 23.8 Å². The fourth-order valence-electron chi connectivity index (χ4n) is 3.12. The van der Waals surface area contributed by atoms with E-state index in [0.717, 1.165) is 32.1 Å². The van der Waals surface area contributed by atoms with Gasteiger partial charge in [0.25, 0.3) is 0 Å². The standard InChI is InChI=1S/C17H26N2O3/c1-12(2)14-7-5-13(6-8-14)11-22-16(20)15-4-3-9-19(10-15)17(18)21/h5,14-15H,1,3-4,6-11H2,2H3,(H2,18,21)/t14-,15-/m0/s1. The van der Waals surface area contributed by atoms with Crippen LogP contribution in [0.2, 0.25) is 0 Å². The highest BCUT2D eigenvalue weighted by Crippen LogP contribution is 2.28. The average molecular weight is 306 g/mol. The minimum Gasteiger partial charge on any atom is -0.461 e. The summed E-state index contributed by atoms with van der Waals surface area (Å²) >= 11 is 0. The fourth-order valence-corrected chi connectivity index (χ4v) is 3.12. The predicted octanol–water partition coefficient (Wildman–Crippen LogP) is 2.62. The van der Waals surface area contributed by atoms with Gasteiger partial charge in [0.05, 0.1) is 5.92 Å². The molecule has 5 heteroatoms. The van der Waals surface area contributed by atoms with Crippen LogP contribution in [0.1, 0.15) is 39.0 Å². The number of primary amides is 1. The van der Waals surface area contributed by atoms with E-state index in [9.17, 15) is 9.59 Å². The molecule has 2 atom stereocenters. The quantitative estimate of drug-likeness (QED) is 0.641. The molecule has 2 rings (SSSR count). The highest BCUT2D eigenvalue weighted by Gasteiger charge is 2.28. The number of nitrogens with two attached hydrogens (primary N) is 1. The van der Waals surface area contributed by atoms with Gasteiger partial charge in [-0.2, -0.15) is 0 Å². The number of hydrogen-bond acceptors (Lipinski definition) is 3. The van der Waals surface area contributed by atoms with Crippen molar-refractivity contribution in [3.63, 3.8) is 0 Å². The summed E-state index contributed by atoms with van der Waals surface area (Å²) < 4.78 is 5.44. The van der Waals surface area contributed by atoms with Crippen molar-refractivity contribution < 1.29 is 14.3 Å². The first-order valence-electron chi connectivity index (χ1n) is 8.01. The van der Waals surface area contributed by atoms with Crippen molar-refractivity contribution in [2.24, 2.45) is 17.6 Å². The van der Waals surface area contributed by atoms with E-state index in [-0.39, 0.29) is 11.9 Å². The fraction of sp³-hybridized carbons (Fsp3) is 0.647. The Balaban J connectivity index is 1.78. The van der Waals surface area contributed by atoms with Gasteiger partial charge in [-0.25, -0.2) is 4.79 Å². The van der Waals surface area contributed by atoms with E-state index in [1.807, 2.05) is 0 Å². The zero-order valence-corrected chi connectivity index (χ0v) is 13.3. The number of allylic oxidation sites excluding steroid dienone is 2. The van der Waals surface area contributed by atoms with Crippen LogP contribution in [-0.2, 0) is 9.53 Å². The van der Waals surface area contributed by atoms with Gasteiger partial charge >= 0.3 is 12.0 Å². The minimum atomic E-state index is -0.460. The van der Waals surface area contributed by atoms with E-state index in [2.05, 4.69) is 19.6 Å². The molecular formula is C17H26N2O3. The monoisotopic (exact) mass is 306 g/mol. The normalized spacial score (nSPS) is 25.3. The molecule has 2 amide bonds. The van der Waals surface area contributed by atoms with E-state index in [1.165, 1.54) is 16.0 Å². The lowest BCUT2D eigenvalue weighted by Gasteiger charge is -2.30. The maximum Gasteiger partial charge on any atom is 0.314 e. The molecule has 0 unspecified atom stereocenters. The zero-order valence-electron chi connectivity index (χ0n) is 13.3. The first-order chi connectivity index (χ1) is 10.5. The summed E-state index contributed by atoms with van der Waals surface area (Å²) in [5, 5.41) is 0. The molecule has 1 aliphatic heterocycles. The lowest BCUT2D eigenvalue weighted by atomic mass is 9.86. The molecule has 2 N–H and O–H groups in total. The van der Waals surface area contributed by atoms with E-state index >= 15 is 0 Å². The van der Waals surface area contributed by atoms with Crippen LogP contribution in [0.5, 0.6) is 0 Å². The third-order valence-electron chi connectivity index (χ3n) is 4.67. The minimum absolute atomic E-state index is 0.214. The van der Waals surface area contributed by atoms with Gasteiger partial charge in [0, 0.05) is 13.1 Å². The molecule has 0 aromatic rings. The number of hydrogen-bond donors (Lipinski definition) is 1. The van der Waals surface area contributed by atoms with Gasteiger partial charge in [-0.05, 0) is 50.5 Å². The first kappa shape index (κ1) is 16.6. The number of amides is 2. The van der Waals surface area contributed by atoms with Crippen molar-refractivity contribution >= 4 is 12.0 Å². The number of carbonyl (C=O) groups excluding carboxylic acids is 2. The Hall–Kier alpha value is -1.78. The highest BCUT2D eigenvalue weighted by atomic mass is 16.5. The number of esters is 1. The lowest BCUT2D eigenvalue weighted by Crippen LogP contribution is -2.45. The number of carbonyl (C=O) groups is 2. The predicted molar refractivity (Wildman–Crippen MR) is 85.1 cm³/mol. The van der Waals surface area contributed by atoms with Gasteiger partial charge in [-0.1, -0.05) is 18.2 Å². The van der Waals surface area contributed by atoms with Crippen LogP contribution in [-0.4, -0.2) is 36.6 Å². The number of piperidine rings is 1. The molecular weight excluding hydrogens is 280 g/mol. The van der Waals surface area contributed by atoms with E-state index in [4.69, 9.17) is 10.5 Å². The van der Waals surface area contributed by atoms with Crippen LogP contribution in [0, 0.1) is 11.8 Å². The molecule has 1 saturated heterocycles. The maximum atomic E-state index is 12.1. The Morgan fingerprint density at radius 1 is 1.41 bits per heavy atom. The summed E-state index contributed by atoms with van der Waals surface area (Å²) in [6.45, 7) is 7.45. The molecule has 0 radical (unpaired) electrons. The SMILES string of the molecule is C=C(C)[C@H]1CC=C(COC(=O)[C@H]2CCCN(C(N)=O)C2)CC1. The Morgan fingerprint density at radius 3 is 2.77 bits per heavy atom. The molecule has 0 aromatic carbocycles. The maximum absolute atomic E-state index is 12.1. The zero-order chi connectivity index (χ0) is 16.1. The molecule has 0 saturated carbocycles.